The number of aliphatic carboxylic acids is 1. The van der Waals surface area contributed by atoms with Crippen molar-refractivity contribution in [2.24, 2.45) is 11.8 Å². The second kappa shape index (κ2) is 5.57. The number of carboxylic acid groups (broad SMARTS) is 1. The van der Waals surface area contributed by atoms with Crippen molar-refractivity contribution in [3.8, 4) is 0 Å². The van der Waals surface area contributed by atoms with Crippen molar-refractivity contribution < 1.29 is 9.90 Å². The topological polar surface area (TPSA) is 40.5 Å². The average Bonchev–Trinajstić information content (AvgIpc) is 2.41. The van der Waals surface area contributed by atoms with Crippen LogP contribution in [-0.4, -0.2) is 35.6 Å². The van der Waals surface area contributed by atoms with Gasteiger partial charge in [-0.2, -0.15) is 0 Å². The van der Waals surface area contributed by atoms with Gasteiger partial charge < -0.3 is 10.0 Å². The minimum Gasteiger partial charge on any atom is -0.481 e. The number of hydrogen-bond acceptors (Lipinski definition) is 2. The fourth-order valence-corrected chi connectivity index (χ4v) is 3.63. The number of benzene rings is 1. The summed E-state index contributed by atoms with van der Waals surface area (Å²) in [5.74, 6) is 0.120. The lowest BCUT2D eigenvalue weighted by atomic mass is 9.80. The summed E-state index contributed by atoms with van der Waals surface area (Å²) in [5.41, 5.74) is 3.04. The van der Waals surface area contributed by atoms with Crippen molar-refractivity contribution >= 4 is 5.97 Å². The molecule has 3 rings (SSSR count). The highest BCUT2D eigenvalue weighted by molar-refractivity contribution is 5.70. The molecule has 0 bridgehead atoms. The summed E-state index contributed by atoms with van der Waals surface area (Å²) >= 11 is 0. The van der Waals surface area contributed by atoms with E-state index in [9.17, 15) is 4.79 Å². The highest BCUT2D eigenvalue weighted by atomic mass is 16.4. The molecule has 108 valence electrons. The molecule has 3 nitrogen and oxygen atoms in total. The molecule has 1 aliphatic carbocycles. The molecular formula is C17H23NO2. The van der Waals surface area contributed by atoms with Gasteiger partial charge in [-0.3, -0.25) is 4.79 Å². The van der Waals surface area contributed by atoms with Gasteiger partial charge in [-0.05, 0) is 42.2 Å². The molecule has 20 heavy (non-hydrogen) atoms. The van der Waals surface area contributed by atoms with Gasteiger partial charge in [0.05, 0.1) is 5.92 Å². The summed E-state index contributed by atoms with van der Waals surface area (Å²) in [5, 5.41) is 9.04. The maximum atomic E-state index is 11.0. The minimum absolute atomic E-state index is 0.204. The summed E-state index contributed by atoms with van der Waals surface area (Å²) in [4.78, 5) is 13.4. The van der Waals surface area contributed by atoms with Gasteiger partial charge in [0.15, 0.2) is 0 Å². The SMILES string of the molecule is CC(C(=O)O)C1CN(CC2CCCc3ccccc32)C1. The third-order valence-electron chi connectivity index (χ3n) is 5.05. The lowest BCUT2D eigenvalue weighted by Gasteiger charge is -2.43. The second-order valence-corrected chi connectivity index (χ2v) is 6.39. The number of aryl methyl sites for hydroxylation is 1. The smallest absolute Gasteiger partial charge is 0.306 e. The van der Waals surface area contributed by atoms with Crippen LogP contribution in [0.1, 0.15) is 36.8 Å². The van der Waals surface area contributed by atoms with E-state index in [1.165, 1.54) is 30.4 Å². The predicted molar refractivity (Wildman–Crippen MR) is 78.9 cm³/mol. The number of fused-ring (bicyclic) bond motifs is 1. The lowest BCUT2D eigenvalue weighted by molar-refractivity contribution is -0.145. The van der Waals surface area contributed by atoms with E-state index in [-0.39, 0.29) is 5.92 Å². The van der Waals surface area contributed by atoms with E-state index in [2.05, 4.69) is 29.2 Å². The Kier molecular flexibility index (Phi) is 3.79. The fraction of sp³-hybridized carbons (Fsp3) is 0.588. The lowest BCUT2D eigenvalue weighted by Crippen LogP contribution is -2.52. The van der Waals surface area contributed by atoms with E-state index in [0.717, 1.165) is 19.6 Å². The number of carboxylic acids is 1. The van der Waals surface area contributed by atoms with Gasteiger partial charge >= 0.3 is 5.97 Å². The summed E-state index contributed by atoms with van der Waals surface area (Å²) in [6.45, 7) is 4.83. The van der Waals surface area contributed by atoms with Gasteiger partial charge in [-0.25, -0.2) is 0 Å². The first kappa shape index (κ1) is 13.6. The standard InChI is InChI=1S/C17H23NO2/c1-12(17(19)20)15-10-18(11-15)9-14-7-4-6-13-5-2-3-8-16(13)14/h2-3,5,8,12,14-15H,4,6-7,9-11H2,1H3,(H,19,20). The van der Waals surface area contributed by atoms with Crippen molar-refractivity contribution in [1.82, 2.24) is 4.90 Å². The molecular weight excluding hydrogens is 250 g/mol. The quantitative estimate of drug-likeness (QED) is 0.917. The van der Waals surface area contributed by atoms with Crippen LogP contribution in [-0.2, 0) is 11.2 Å². The molecule has 1 aromatic rings. The zero-order valence-electron chi connectivity index (χ0n) is 12.1. The van der Waals surface area contributed by atoms with Crippen molar-refractivity contribution in [3.05, 3.63) is 35.4 Å². The molecule has 1 aliphatic heterocycles. The molecule has 1 heterocycles. The van der Waals surface area contributed by atoms with Gasteiger partial charge in [0.25, 0.3) is 0 Å². The first-order chi connectivity index (χ1) is 9.65. The Morgan fingerprint density at radius 1 is 1.40 bits per heavy atom. The van der Waals surface area contributed by atoms with E-state index in [0.29, 0.717) is 11.8 Å². The molecule has 0 aromatic heterocycles. The Bertz CT molecular complexity index is 494. The van der Waals surface area contributed by atoms with Crippen LogP contribution in [0.25, 0.3) is 0 Å². The Labute approximate surface area is 120 Å². The van der Waals surface area contributed by atoms with Crippen LogP contribution in [0.4, 0.5) is 0 Å². The molecule has 0 saturated carbocycles. The largest absolute Gasteiger partial charge is 0.481 e. The molecule has 0 amide bonds. The Morgan fingerprint density at radius 2 is 2.15 bits per heavy atom. The second-order valence-electron chi connectivity index (χ2n) is 6.39. The van der Waals surface area contributed by atoms with Crippen LogP contribution >= 0.6 is 0 Å². The van der Waals surface area contributed by atoms with Crippen molar-refractivity contribution in [2.75, 3.05) is 19.6 Å². The number of hydrogen-bond donors (Lipinski definition) is 1. The molecule has 1 fully saturated rings. The van der Waals surface area contributed by atoms with Gasteiger partial charge in [-0.1, -0.05) is 31.2 Å². The molecule has 0 radical (unpaired) electrons. The predicted octanol–water partition coefficient (Wildman–Crippen LogP) is 2.76. The number of carbonyl (C=O) groups is 1. The summed E-state index contributed by atoms with van der Waals surface area (Å²) in [6, 6.07) is 8.81. The molecule has 0 spiro atoms. The van der Waals surface area contributed by atoms with Crippen molar-refractivity contribution in [2.45, 2.75) is 32.1 Å². The minimum atomic E-state index is -0.655. The van der Waals surface area contributed by atoms with E-state index < -0.39 is 5.97 Å². The van der Waals surface area contributed by atoms with Crippen LogP contribution in [0.5, 0.6) is 0 Å². The van der Waals surface area contributed by atoms with Crippen molar-refractivity contribution in [3.63, 3.8) is 0 Å². The number of nitrogens with zero attached hydrogens (tertiary/aromatic N) is 1. The highest BCUT2D eigenvalue weighted by Gasteiger charge is 2.36. The van der Waals surface area contributed by atoms with Crippen LogP contribution in [0, 0.1) is 11.8 Å². The molecule has 1 aromatic carbocycles. The van der Waals surface area contributed by atoms with E-state index in [1.807, 2.05) is 6.92 Å². The number of rotatable bonds is 4. The first-order valence-electron chi connectivity index (χ1n) is 7.68. The summed E-state index contributed by atoms with van der Waals surface area (Å²) in [6.07, 6.45) is 3.77. The molecule has 1 N–H and O–H groups in total. The van der Waals surface area contributed by atoms with Crippen molar-refractivity contribution in [1.29, 1.82) is 0 Å². The van der Waals surface area contributed by atoms with Crippen LogP contribution in [0.3, 0.4) is 0 Å². The first-order valence-corrected chi connectivity index (χ1v) is 7.68. The van der Waals surface area contributed by atoms with Crippen LogP contribution < -0.4 is 0 Å². The normalized spacial score (nSPS) is 24.8. The molecule has 1 saturated heterocycles. The van der Waals surface area contributed by atoms with E-state index in [1.54, 1.807) is 0 Å². The number of likely N-dealkylation sites (tertiary alicyclic amines) is 1. The Hall–Kier alpha value is -1.35. The summed E-state index contributed by atoms with van der Waals surface area (Å²) < 4.78 is 0. The maximum Gasteiger partial charge on any atom is 0.306 e. The van der Waals surface area contributed by atoms with E-state index in [4.69, 9.17) is 5.11 Å². The summed E-state index contributed by atoms with van der Waals surface area (Å²) in [7, 11) is 0. The highest BCUT2D eigenvalue weighted by Crippen LogP contribution is 2.34. The monoisotopic (exact) mass is 273 g/mol. The van der Waals surface area contributed by atoms with E-state index >= 15 is 0 Å². The zero-order chi connectivity index (χ0) is 14.1. The fourth-order valence-electron chi connectivity index (χ4n) is 3.63. The van der Waals surface area contributed by atoms with Crippen LogP contribution in [0.15, 0.2) is 24.3 Å². The van der Waals surface area contributed by atoms with Gasteiger partial charge in [-0.15, -0.1) is 0 Å². The molecule has 2 unspecified atom stereocenters. The molecule has 2 atom stereocenters. The maximum absolute atomic E-state index is 11.0. The van der Waals surface area contributed by atoms with Gasteiger partial charge in [0.2, 0.25) is 0 Å². The third kappa shape index (κ3) is 2.59. The third-order valence-corrected chi connectivity index (χ3v) is 5.05. The van der Waals surface area contributed by atoms with Crippen LogP contribution in [0.2, 0.25) is 0 Å². The Morgan fingerprint density at radius 3 is 2.90 bits per heavy atom. The van der Waals surface area contributed by atoms with Gasteiger partial charge in [0.1, 0.15) is 0 Å². The van der Waals surface area contributed by atoms with Gasteiger partial charge in [0, 0.05) is 19.6 Å². The Balaban J connectivity index is 1.58. The molecule has 2 aliphatic rings. The molecule has 3 heteroatoms. The zero-order valence-corrected chi connectivity index (χ0v) is 12.1. The average molecular weight is 273 g/mol.